The Bertz CT molecular complexity index is 502. The van der Waals surface area contributed by atoms with Crippen LogP contribution in [0.3, 0.4) is 0 Å². The largest absolute Gasteiger partial charge is 0.360 e. The Balaban J connectivity index is 2.48. The van der Waals surface area contributed by atoms with E-state index < -0.39 is 0 Å². The predicted molar refractivity (Wildman–Crippen MR) is 137 cm³/mol. The van der Waals surface area contributed by atoms with Crippen LogP contribution in [-0.2, 0) is 11.2 Å². The average Bonchev–Trinajstić information content (AvgIpc) is 2.74. The Kier molecular flexibility index (Phi) is 17.6. The lowest BCUT2D eigenvalue weighted by Gasteiger charge is -2.23. The number of anilines is 1. The second-order valence-corrected chi connectivity index (χ2v) is 9.65. The lowest BCUT2D eigenvalue weighted by Crippen LogP contribution is -2.24. The second kappa shape index (κ2) is 19.2. The van der Waals surface area contributed by atoms with Crippen molar-refractivity contribution in [2.45, 2.75) is 130 Å². The van der Waals surface area contributed by atoms with Gasteiger partial charge in [0.15, 0.2) is 0 Å². The molecule has 0 fully saturated rings. The molecule has 0 aromatic heterocycles. The van der Waals surface area contributed by atoms with Crippen molar-refractivity contribution < 1.29 is 4.74 Å². The Morgan fingerprint density at radius 2 is 1.37 bits per heavy atom. The van der Waals surface area contributed by atoms with Crippen LogP contribution < -0.4 is 5.32 Å². The number of halogens is 1. The van der Waals surface area contributed by atoms with Crippen LogP contribution in [0.1, 0.15) is 123 Å². The van der Waals surface area contributed by atoms with Gasteiger partial charge in [0.05, 0.1) is 0 Å². The van der Waals surface area contributed by atoms with E-state index in [4.69, 9.17) is 4.74 Å². The number of benzene rings is 1. The fraction of sp³-hybridized carbons (Fsp3) is 0.778. The van der Waals surface area contributed by atoms with Crippen molar-refractivity contribution in [3.8, 4) is 0 Å². The zero-order chi connectivity index (χ0) is 21.9. The van der Waals surface area contributed by atoms with E-state index in [1.165, 1.54) is 94.7 Å². The first kappa shape index (κ1) is 27.5. The molecule has 0 bridgehead atoms. The number of ether oxygens (including phenoxy) is 1. The summed E-state index contributed by atoms with van der Waals surface area (Å²) in [6.45, 7) is 7.68. The molecule has 0 aliphatic heterocycles. The normalized spacial score (nSPS) is 12.3. The summed E-state index contributed by atoms with van der Waals surface area (Å²) < 4.78 is 7.50. The third kappa shape index (κ3) is 13.7. The molecule has 0 aliphatic carbocycles. The molecule has 30 heavy (non-hydrogen) atoms. The van der Waals surface area contributed by atoms with Gasteiger partial charge in [-0.3, -0.25) is 0 Å². The second-order valence-electron chi connectivity index (χ2n) is 8.73. The van der Waals surface area contributed by atoms with Crippen molar-refractivity contribution >= 4 is 21.6 Å². The van der Waals surface area contributed by atoms with E-state index in [9.17, 15) is 0 Å². The molecule has 1 atom stereocenters. The van der Waals surface area contributed by atoms with Crippen LogP contribution in [0.15, 0.2) is 22.7 Å². The Morgan fingerprint density at radius 3 is 2.00 bits per heavy atom. The molecule has 1 aromatic rings. The zero-order valence-electron chi connectivity index (χ0n) is 20.1. The molecule has 1 aromatic carbocycles. The highest BCUT2D eigenvalue weighted by Gasteiger charge is 2.12. The van der Waals surface area contributed by atoms with Crippen LogP contribution in [0.2, 0.25) is 0 Å². The smallest absolute Gasteiger partial charge is 0.127 e. The van der Waals surface area contributed by atoms with E-state index in [2.05, 4.69) is 60.2 Å². The molecule has 0 heterocycles. The molecule has 1 unspecified atom stereocenters. The highest BCUT2D eigenvalue weighted by atomic mass is 79.9. The molecule has 2 nitrogen and oxygen atoms in total. The summed E-state index contributed by atoms with van der Waals surface area (Å²) in [7, 11) is 0. The van der Waals surface area contributed by atoms with Crippen molar-refractivity contribution in [1.82, 2.24) is 0 Å². The highest BCUT2D eigenvalue weighted by Crippen LogP contribution is 2.24. The number of aryl methyl sites for hydroxylation is 1. The maximum atomic E-state index is 6.34. The van der Waals surface area contributed by atoms with E-state index in [0.717, 1.165) is 30.3 Å². The van der Waals surface area contributed by atoms with E-state index in [1.807, 2.05) is 0 Å². The van der Waals surface area contributed by atoms with Gasteiger partial charge in [0.25, 0.3) is 0 Å². The topological polar surface area (TPSA) is 21.3 Å². The minimum Gasteiger partial charge on any atom is -0.360 e. The molecule has 0 aliphatic rings. The Labute approximate surface area is 196 Å². The standard InChI is InChI=1S/C27H48BrNO/c1-4-7-9-11-13-14-16-19-27(30-22-17-15-12-10-8-5-2)29-26-21-20-25(28)23-24(26)18-6-3/h20-21,23,27,29H,4-19,22H2,1-3H3. The average molecular weight is 483 g/mol. The SMILES string of the molecule is CCCCCCCCCC(Nc1ccc(Br)cc1CCC)OCCCCCCCC. The van der Waals surface area contributed by atoms with Crippen LogP contribution in [0.5, 0.6) is 0 Å². The molecule has 1 N–H and O–H groups in total. The lowest BCUT2D eigenvalue weighted by molar-refractivity contribution is 0.0616. The maximum Gasteiger partial charge on any atom is 0.127 e. The van der Waals surface area contributed by atoms with Crippen molar-refractivity contribution in [2.75, 3.05) is 11.9 Å². The highest BCUT2D eigenvalue weighted by molar-refractivity contribution is 9.10. The van der Waals surface area contributed by atoms with E-state index in [-0.39, 0.29) is 6.23 Å². The monoisotopic (exact) mass is 481 g/mol. The molecule has 0 saturated carbocycles. The van der Waals surface area contributed by atoms with Crippen molar-refractivity contribution in [2.24, 2.45) is 0 Å². The summed E-state index contributed by atoms with van der Waals surface area (Å²) in [5, 5.41) is 3.74. The summed E-state index contributed by atoms with van der Waals surface area (Å²) >= 11 is 3.63. The van der Waals surface area contributed by atoms with Gasteiger partial charge in [0, 0.05) is 16.8 Å². The van der Waals surface area contributed by atoms with Crippen molar-refractivity contribution in [3.63, 3.8) is 0 Å². The van der Waals surface area contributed by atoms with Gasteiger partial charge in [-0.15, -0.1) is 0 Å². The number of hydrogen-bond donors (Lipinski definition) is 1. The van der Waals surface area contributed by atoms with Crippen molar-refractivity contribution in [3.05, 3.63) is 28.2 Å². The molecule has 0 amide bonds. The van der Waals surface area contributed by atoms with Gasteiger partial charge in [0.2, 0.25) is 0 Å². The van der Waals surface area contributed by atoms with Gasteiger partial charge in [-0.1, -0.05) is 114 Å². The molecule has 1 rings (SSSR count). The molecule has 3 heteroatoms. The molecule has 0 saturated heterocycles. The summed E-state index contributed by atoms with van der Waals surface area (Å²) in [5.74, 6) is 0. The van der Waals surface area contributed by atoms with E-state index in [0.29, 0.717) is 0 Å². The Hall–Kier alpha value is -0.540. The van der Waals surface area contributed by atoms with Gasteiger partial charge in [-0.25, -0.2) is 0 Å². The van der Waals surface area contributed by atoms with E-state index in [1.54, 1.807) is 0 Å². The first-order valence-corrected chi connectivity index (χ1v) is 13.7. The van der Waals surface area contributed by atoms with Crippen LogP contribution in [0.4, 0.5) is 5.69 Å². The molecule has 0 spiro atoms. The van der Waals surface area contributed by atoms with Crippen LogP contribution >= 0.6 is 15.9 Å². The summed E-state index contributed by atoms with van der Waals surface area (Å²) in [6, 6.07) is 6.60. The number of nitrogens with one attached hydrogen (secondary N) is 1. The van der Waals surface area contributed by atoms with Crippen LogP contribution in [0, 0.1) is 0 Å². The van der Waals surface area contributed by atoms with Gasteiger partial charge < -0.3 is 10.1 Å². The summed E-state index contributed by atoms with van der Waals surface area (Å²) in [5.41, 5.74) is 2.63. The number of unbranched alkanes of at least 4 members (excludes halogenated alkanes) is 11. The first-order chi connectivity index (χ1) is 14.7. The summed E-state index contributed by atoms with van der Waals surface area (Å²) in [4.78, 5) is 0. The first-order valence-electron chi connectivity index (χ1n) is 12.9. The summed E-state index contributed by atoms with van der Waals surface area (Å²) in [6.07, 6.45) is 20.8. The number of hydrogen-bond acceptors (Lipinski definition) is 2. The molecular formula is C27H48BrNO. The van der Waals surface area contributed by atoms with Gasteiger partial charge in [-0.2, -0.15) is 0 Å². The molecule has 0 radical (unpaired) electrons. The third-order valence-corrected chi connectivity index (χ3v) is 6.28. The third-order valence-electron chi connectivity index (χ3n) is 5.79. The zero-order valence-corrected chi connectivity index (χ0v) is 21.7. The van der Waals surface area contributed by atoms with Gasteiger partial charge >= 0.3 is 0 Å². The fourth-order valence-corrected chi connectivity index (χ4v) is 4.35. The van der Waals surface area contributed by atoms with Gasteiger partial charge in [-0.05, 0) is 49.4 Å². The maximum absolute atomic E-state index is 6.34. The minimum absolute atomic E-state index is 0.132. The van der Waals surface area contributed by atoms with Crippen LogP contribution in [-0.4, -0.2) is 12.8 Å². The lowest BCUT2D eigenvalue weighted by atomic mass is 10.1. The fourth-order valence-electron chi connectivity index (χ4n) is 3.94. The van der Waals surface area contributed by atoms with E-state index >= 15 is 0 Å². The quantitative estimate of drug-likeness (QED) is 0.148. The molecule has 174 valence electrons. The number of rotatable bonds is 20. The van der Waals surface area contributed by atoms with Crippen molar-refractivity contribution in [1.29, 1.82) is 0 Å². The Morgan fingerprint density at radius 1 is 0.767 bits per heavy atom. The van der Waals surface area contributed by atoms with Crippen LogP contribution in [0.25, 0.3) is 0 Å². The van der Waals surface area contributed by atoms with Gasteiger partial charge in [0.1, 0.15) is 6.23 Å². The molecular weight excluding hydrogens is 434 g/mol. The predicted octanol–water partition coefficient (Wildman–Crippen LogP) is 9.66. The minimum atomic E-state index is 0.132.